The average Bonchev–Trinajstić information content (AvgIpc) is 3.17. The second kappa shape index (κ2) is 6.44. The number of hydrogen-bond acceptors (Lipinski definition) is 5. The molecule has 1 saturated heterocycles. The molecule has 0 unspecified atom stereocenters. The third kappa shape index (κ3) is 3.03. The molecule has 2 aromatic rings. The van der Waals surface area contributed by atoms with Crippen LogP contribution in [0.4, 0.5) is 11.5 Å². The van der Waals surface area contributed by atoms with Gasteiger partial charge in [0, 0.05) is 19.5 Å². The van der Waals surface area contributed by atoms with Crippen molar-refractivity contribution in [3.05, 3.63) is 53.7 Å². The Balaban J connectivity index is 1.48. The van der Waals surface area contributed by atoms with Gasteiger partial charge in [-0.05, 0) is 43.5 Å². The first-order chi connectivity index (χ1) is 12.5. The van der Waals surface area contributed by atoms with E-state index in [-0.39, 0.29) is 5.91 Å². The van der Waals surface area contributed by atoms with E-state index in [4.69, 9.17) is 4.74 Å². The van der Waals surface area contributed by atoms with Gasteiger partial charge in [-0.15, -0.1) is 0 Å². The lowest BCUT2D eigenvalue weighted by Gasteiger charge is -2.33. The molecule has 6 heteroatoms. The van der Waals surface area contributed by atoms with Crippen LogP contribution in [0.5, 0.6) is 0 Å². The summed E-state index contributed by atoms with van der Waals surface area (Å²) in [4.78, 5) is 31.7. The Morgan fingerprint density at radius 3 is 2.69 bits per heavy atom. The van der Waals surface area contributed by atoms with Gasteiger partial charge in [-0.1, -0.05) is 18.2 Å². The van der Waals surface area contributed by atoms with Crippen LogP contribution in [0.3, 0.4) is 0 Å². The van der Waals surface area contributed by atoms with Crippen molar-refractivity contribution in [2.75, 3.05) is 23.3 Å². The number of nitrogens with one attached hydrogen (secondary N) is 1. The summed E-state index contributed by atoms with van der Waals surface area (Å²) in [5.74, 6) is 0.104. The van der Waals surface area contributed by atoms with Gasteiger partial charge in [0.25, 0.3) is 5.91 Å². The molecule has 1 aromatic heterocycles. The highest BCUT2D eigenvalue weighted by Gasteiger charge is 2.42. The van der Waals surface area contributed by atoms with Crippen LogP contribution >= 0.6 is 0 Å². The number of pyridine rings is 1. The van der Waals surface area contributed by atoms with Gasteiger partial charge in [-0.3, -0.25) is 4.79 Å². The SMILES string of the molecule is C[C@@]1(C(=O)Nc2ccc(N3CCCC3)nc2)Cc2ccccc2C(=O)O1. The van der Waals surface area contributed by atoms with Crippen molar-refractivity contribution in [1.29, 1.82) is 0 Å². The van der Waals surface area contributed by atoms with Crippen molar-refractivity contribution >= 4 is 23.4 Å². The summed E-state index contributed by atoms with van der Waals surface area (Å²) in [5.41, 5.74) is 0.700. The van der Waals surface area contributed by atoms with Crippen molar-refractivity contribution in [3.8, 4) is 0 Å². The largest absolute Gasteiger partial charge is 0.445 e. The number of carbonyl (C=O) groups is 2. The lowest BCUT2D eigenvalue weighted by atomic mass is 9.89. The summed E-state index contributed by atoms with van der Waals surface area (Å²) >= 11 is 0. The minimum absolute atomic E-state index is 0.347. The van der Waals surface area contributed by atoms with E-state index >= 15 is 0 Å². The molecular formula is C20H21N3O3. The Bertz CT molecular complexity index is 844. The number of fused-ring (bicyclic) bond motifs is 1. The summed E-state index contributed by atoms with van der Waals surface area (Å²) in [6.07, 6.45) is 4.37. The molecule has 134 valence electrons. The topological polar surface area (TPSA) is 71.5 Å². The Morgan fingerprint density at radius 2 is 1.96 bits per heavy atom. The highest BCUT2D eigenvalue weighted by molar-refractivity contribution is 6.02. The number of ether oxygens (including phenoxy) is 1. The van der Waals surface area contributed by atoms with Crippen molar-refractivity contribution in [2.24, 2.45) is 0 Å². The van der Waals surface area contributed by atoms with E-state index in [0.717, 1.165) is 24.5 Å². The molecule has 1 fully saturated rings. The third-order valence-corrected chi connectivity index (χ3v) is 5.00. The normalized spacial score (nSPS) is 21.9. The second-order valence-electron chi connectivity index (χ2n) is 7.01. The first-order valence-electron chi connectivity index (χ1n) is 8.89. The van der Waals surface area contributed by atoms with Crippen molar-refractivity contribution in [2.45, 2.75) is 31.8 Å². The fourth-order valence-corrected chi connectivity index (χ4v) is 3.52. The molecule has 0 spiro atoms. The van der Waals surface area contributed by atoms with E-state index in [1.54, 1.807) is 25.3 Å². The highest BCUT2D eigenvalue weighted by Crippen LogP contribution is 2.29. The van der Waals surface area contributed by atoms with Gasteiger partial charge in [0.2, 0.25) is 0 Å². The average molecular weight is 351 g/mol. The summed E-state index contributed by atoms with van der Waals surface area (Å²) in [6, 6.07) is 11.0. The molecule has 0 radical (unpaired) electrons. The Labute approximate surface area is 152 Å². The van der Waals surface area contributed by atoms with E-state index in [1.165, 1.54) is 12.8 Å². The predicted octanol–water partition coefficient (Wildman–Crippen LogP) is 2.79. The first kappa shape index (κ1) is 16.6. The van der Waals surface area contributed by atoms with E-state index in [0.29, 0.717) is 17.7 Å². The predicted molar refractivity (Wildman–Crippen MR) is 98.3 cm³/mol. The number of aromatic nitrogens is 1. The van der Waals surface area contributed by atoms with Crippen LogP contribution in [-0.4, -0.2) is 35.6 Å². The standard InChI is InChI=1S/C20H21N3O3/c1-20(12-14-6-2-3-7-16(14)18(24)26-20)19(25)22-15-8-9-17(21-13-15)23-10-4-5-11-23/h2-3,6-9,13H,4-5,10-12H2,1H3,(H,22,25)/t20-/m0/s1. The molecule has 1 atom stereocenters. The molecule has 1 amide bonds. The number of benzene rings is 1. The third-order valence-electron chi connectivity index (χ3n) is 5.00. The molecule has 0 aliphatic carbocycles. The lowest BCUT2D eigenvalue weighted by Crippen LogP contribution is -2.48. The number of esters is 1. The smallest absolute Gasteiger partial charge is 0.339 e. The molecule has 0 bridgehead atoms. The van der Waals surface area contributed by atoms with Gasteiger partial charge in [0.05, 0.1) is 17.4 Å². The number of rotatable bonds is 3. The fourth-order valence-electron chi connectivity index (χ4n) is 3.52. The summed E-state index contributed by atoms with van der Waals surface area (Å²) in [7, 11) is 0. The van der Waals surface area contributed by atoms with Gasteiger partial charge in [0.15, 0.2) is 5.60 Å². The molecule has 0 saturated carbocycles. The number of carbonyl (C=O) groups excluding carboxylic acids is 2. The quantitative estimate of drug-likeness (QED) is 0.861. The molecule has 6 nitrogen and oxygen atoms in total. The highest BCUT2D eigenvalue weighted by atomic mass is 16.6. The molecule has 2 aliphatic heterocycles. The Hall–Kier alpha value is -2.89. The Morgan fingerprint density at radius 1 is 1.19 bits per heavy atom. The van der Waals surface area contributed by atoms with Gasteiger partial charge < -0.3 is 15.0 Å². The van der Waals surface area contributed by atoms with E-state index in [9.17, 15) is 9.59 Å². The van der Waals surface area contributed by atoms with Gasteiger partial charge in [-0.25, -0.2) is 9.78 Å². The summed E-state index contributed by atoms with van der Waals surface area (Å²) in [5, 5.41) is 2.82. The number of cyclic esters (lactones) is 1. The first-order valence-corrected chi connectivity index (χ1v) is 8.89. The van der Waals surface area contributed by atoms with Crippen LogP contribution in [0.1, 0.15) is 35.7 Å². The van der Waals surface area contributed by atoms with Crippen LogP contribution in [-0.2, 0) is 16.0 Å². The van der Waals surface area contributed by atoms with E-state index in [2.05, 4.69) is 15.2 Å². The number of anilines is 2. The molecule has 1 aromatic carbocycles. The van der Waals surface area contributed by atoms with E-state index < -0.39 is 11.6 Å². The molecule has 3 heterocycles. The van der Waals surface area contributed by atoms with Gasteiger partial charge in [-0.2, -0.15) is 0 Å². The summed E-state index contributed by atoms with van der Waals surface area (Å²) < 4.78 is 5.46. The molecular weight excluding hydrogens is 330 g/mol. The minimum atomic E-state index is -1.24. The van der Waals surface area contributed by atoms with Crippen LogP contribution < -0.4 is 10.2 Å². The van der Waals surface area contributed by atoms with Crippen LogP contribution in [0.15, 0.2) is 42.6 Å². The Kier molecular flexibility index (Phi) is 4.11. The monoisotopic (exact) mass is 351 g/mol. The minimum Gasteiger partial charge on any atom is -0.445 e. The fraction of sp³-hybridized carbons (Fsp3) is 0.350. The zero-order valence-corrected chi connectivity index (χ0v) is 14.7. The molecule has 1 N–H and O–H groups in total. The molecule has 4 rings (SSSR count). The number of nitrogens with zero attached hydrogens (tertiary/aromatic N) is 2. The maximum Gasteiger partial charge on any atom is 0.339 e. The number of hydrogen-bond donors (Lipinski definition) is 1. The van der Waals surface area contributed by atoms with Crippen LogP contribution in [0.25, 0.3) is 0 Å². The van der Waals surface area contributed by atoms with Crippen LogP contribution in [0.2, 0.25) is 0 Å². The second-order valence-corrected chi connectivity index (χ2v) is 7.01. The van der Waals surface area contributed by atoms with Crippen molar-refractivity contribution < 1.29 is 14.3 Å². The van der Waals surface area contributed by atoms with E-state index in [1.807, 2.05) is 24.3 Å². The zero-order chi connectivity index (χ0) is 18.1. The van der Waals surface area contributed by atoms with Gasteiger partial charge in [0.1, 0.15) is 5.82 Å². The van der Waals surface area contributed by atoms with Crippen molar-refractivity contribution in [3.63, 3.8) is 0 Å². The maximum atomic E-state index is 12.8. The maximum absolute atomic E-state index is 12.8. The van der Waals surface area contributed by atoms with Gasteiger partial charge >= 0.3 is 5.97 Å². The van der Waals surface area contributed by atoms with Crippen LogP contribution in [0, 0.1) is 0 Å². The lowest BCUT2D eigenvalue weighted by molar-refractivity contribution is -0.134. The molecule has 26 heavy (non-hydrogen) atoms. The number of amides is 1. The molecule has 2 aliphatic rings. The zero-order valence-electron chi connectivity index (χ0n) is 14.7. The van der Waals surface area contributed by atoms with Crippen molar-refractivity contribution in [1.82, 2.24) is 4.98 Å². The summed E-state index contributed by atoms with van der Waals surface area (Å²) in [6.45, 7) is 3.68.